The summed E-state index contributed by atoms with van der Waals surface area (Å²) in [6, 6.07) is 29.6. The summed E-state index contributed by atoms with van der Waals surface area (Å²) in [6.45, 7) is 0. The van der Waals surface area contributed by atoms with Crippen LogP contribution in [0.3, 0.4) is 0 Å². The molecule has 3 rings (SSSR count). The summed E-state index contributed by atoms with van der Waals surface area (Å²) < 4.78 is 7.04. The smallest absolute Gasteiger partial charge is 0.374 e. The van der Waals surface area contributed by atoms with Crippen LogP contribution in [0.2, 0.25) is 0 Å². The molecular formula is C21H19NO2S2. The second-order valence-electron chi connectivity index (χ2n) is 5.49. The van der Waals surface area contributed by atoms with Crippen molar-refractivity contribution in [2.24, 2.45) is 0 Å². The first-order chi connectivity index (χ1) is 12.8. The SMILES string of the molecule is O=C(OSCc1ccccc1)N(SCc1ccccc1)c1ccccc1. The molecule has 3 aromatic carbocycles. The summed E-state index contributed by atoms with van der Waals surface area (Å²) >= 11 is 2.58. The third-order valence-electron chi connectivity index (χ3n) is 3.56. The molecule has 132 valence electrons. The molecule has 0 aliphatic carbocycles. The summed E-state index contributed by atoms with van der Waals surface area (Å²) in [5, 5.41) is 0. The van der Waals surface area contributed by atoms with E-state index in [9.17, 15) is 4.79 Å². The van der Waals surface area contributed by atoms with Gasteiger partial charge in [-0.15, -0.1) is 0 Å². The fourth-order valence-electron chi connectivity index (χ4n) is 2.27. The molecule has 0 unspecified atom stereocenters. The molecule has 0 aromatic heterocycles. The summed E-state index contributed by atoms with van der Waals surface area (Å²) in [4.78, 5) is 12.6. The lowest BCUT2D eigenvalue weighted by atomic mass is 10.2. The molecule has 0 spiro atoms. The van der Waals surface area contributed by atoms with E-state index in [2.05, 4.69) is 0 Å². The molecule has 0 bridgehead atoms. The number of nitrogens with zero attached hydrogens (tertiary/aromatic N) is 1. The van der Waals surface area contributed by atoms with E-state index in [1.165, 1.54) is 11.9 Å². The van der Waals surface area contributed by atoms with Gasteiger partial charge in [0.2, 0.25) is 0 Å². The van der Waals surface area contributed by atoms with Gasteiger partial charge in [0.05, 0.1) is 23.5 Å². The van der Waals surface area contributed by atoms with Crippen LogP contribution in [0.4, 0.5) is 10.5 Å². The Morgan fingerprint density at radius 3 is 1.81 bits per heavy atom. The molecule has 1 amide bonds. The van der Waals surface area contributed by atoms with Gasteiger partial charge in [-0.3, -0.25) is 0 Å². The highest BCUT2D eigenvalue weighted by Gasteiger charge is 2.19. The average molecular weight is 382 g/mol. The molecule has 0 fully saturated rings. The minimum atomic E-state index is -0.377. The molecule has 3 aromatic rings. The Kier molecular flexibility index (Phi) is 7.05. The summed E-state index contributed by atoms with van der Waals surface area (Å²) in [5.41, 5.74) is 3.08. The summed E-state index contributed by atoms with van der Waals surface area (Å²) in [5.74, 6) is 1.31. The van der Waals surface area contributed by atoms with Crippen LogP contribution in [0.15, 0.2) is 91.0 Å². The van der Waals surface area contributed by atoms with E-state index in [0.29, 0.717) is 11.5 Å². The van der Waals surface area contributed by atoms with Crippen molar-refractivity contribution in [3.63, 3.8) is 0 Å². The van der Waals surface area contributed by atoms with Crippen molar-refractivity contribution < 1.29 is 8.98 Å². The molecule has 0 aliphatic rings. The first kappa shape index (κ1) is 18.4. The van der Waals surface area contributed by atoms with Crippen molar-refractivity contribution in [3.8, 4) is 0 Å². The summed E-state index contributed by atoms with van der Waals surface area (Å²) in [7, 11) is 0. The quantitative estimate of drug-likeness (QED) is 0.353. The predicted molar refractivity (Wildman–Crippen MR) is 111 cm³/mol. The van der Waals surface area contributed by atoms with Crippen LogP contribution in [-0.4, -0.2) is 6.09 Å². The van der Waals surface area contributed by atoms with Crippen molar-refractivity contribution in [1.29, 1.82) is 0 Å². The average Bonchev–Trinajstić information content (AvgIpc) is 2.70. The van der Waals surface area contributed by atoms with Crippen LogP contribution in [0, 0.1) is 0 Å². The van der Waals surface area contributed by atoms with Crippen molar-refractivity contribution in [2.45, 2.75) is 11.5 Å². The Morgan fingerprint density at radius 2 is 1.23 bits per heavy atom. The fourth-order valence-corrected chi connectivity index (χ4v) is 3.76. The number of hydrogen-bond donors (Lipinski definition) is 0. The second kappa shape index (κ2) is 9.94. The molecule has 0 heterocycles. The van der Waals surface area contributed by atoms with Gasteiger partial charge in [0.25, 0.3) is 0 Å². The Hall–Kier alpha value is -2.37. The van der Waals surface area contributed by atoms with Crippen LogP contribution < -0.4 is 4.31 Å². The molecule has 0 radical (unpaired) electrons. The number of rotatable bonds is 7. The Balaban J connectivity index is 1.61. The van der Waals surface area contributed by atoms with Crippen LogP contribution in [0.5, 0.6) is 0 Å². The molecule has 26 heavy (non-hydrogen) atoms. The first-order valence-corrected chi connectivity index (χ1v) is 10.1. The number of carbonyl (C=O) groups is 1. The lowest BCUT2D eigenvalue weighted by Gasteiger charge is -2.20. The largest absolute Gasteiger partial charge is 0.436 e. The monoisotopic (exact) mass is 381 g/mol. The van der Waals surface area contributed by atoms with Gasteiger partial charge in [0, 0.05) is 5.75 Å². The fraction of sp³-hybridized carbons (Fsp3) is 0.0952. The van der Waals surface area contributed by atoms with E-state index < -0.39 is 0 Å². The lowest BCUT2D eigenvalue weighted by molar-refractivity contribution is 0.219. The third kappa shape index (κ3) is 5.58. The number of para-hydroxylation sites is 1. The highest BCUT2D eigenvalue weighted by molar-refractivity contribution is 8.00. The molecular weight excluding hydrogens is 362 g/mol. The number of amides is 1. The van der Waals surface area contributed by atoms with Gasteiger partial charge in [-0.1, -0.05) is 78.9 Å². The molecule has 0 saturated carbocycles. The molecule has 5 heteroatoms. The number of anilines is 1. The maximum Gasteiger partial charge on any atom is 0.436 e. The van der Waals surface area contributed by atoms with Gasteiger partial charge in [-0.2, -0.15) is 0 Å². The van der Waals surface area contributed by atoms with E-state index in [-0.39, 0.29) is 6.09 Å². The standard InChI is InChI=1S/C21H19NO2S2/c23-21(24-26-17-19-12-6-2-7-13-19)22(20-14-8-3-9-15-20)25-16-18-10-4-1-5-11-18/h1-15H,16-17H2. The Morgan fingerprint density at radius 1 is 0.731 bits per heavy atom. The van der Waals surface area contributed by atoms with Crippen LogP contribution >= 0.6 is 24.0 Å². The first-order valence-electron chi connectivity index (χ1n) is 8.22. The normalized spacial score (nSPS) is 10.3. The van der Waals surface area contributed by atoms with Gasteiger partial charge in [0.15, 0.2) is 0 Å². The van der Waals surface area contributed by atoms with E-state index in [1.807, 2.05) is 91.0 Å². The zero-order valence-corrected chi connectivity index (χ0v) is 15.8. The van der Waals surface area contributed by atoms with Gasteiger partial charge in [-0.05, 0) is 35.2 Å². The van der Waals surface area contributed by atoms with Crippen molar-refractivity contribution >= 4 is 35.8 Å². The Labute approximate surface area is 162 Å². The topological polar surface area (TPSA) is 29.5 Å². The predicted octanol–water partition coefficient (Wildman–Crippen LogP) is 6.33. The van der Waals surface area contributed by atoms with E-state index >= 15 is 0 Å². The minimum absolute atomic E-state index is 0.377. The van der Waals surface area contributed by atoms with Crippen molar-refractivity contribution in [1.82, 2.24) is 0 Å². The zero-order valence-electron chi connectivity index (χ0n) is 14.2. The van der Waals surface area contributed by atoms with Gasteiger partial charge < -0.3 is 4.18 Å². The zero-order chi connectivity index (χ0) is 18.0. The van der Waals surface area contributed by atoms with Crippen LogP contribution in [-0.2, 0) is 15.7 Å². The Bertz CT molecular complexity index is 798. The molecule has 0 N–H and O–H groups in total. The highest BCUT2D eigenvalue weighted by atomic mass is 32.2. The second-order valence-corrected chi connectivity index (χ2v) is 7.09. The van der Waals surface area contributed by atoms with Gasteiger partial charge in [0.1, 0.15) is 0 Å². The summed E-state index contributed by atoms with van der Waals surface area (Å²) in [6.07, 6.45) is -0.377. The van der Waals surface area contributed by atoms with Crippen molar-refractivity contribution in [3.05, 3.63) is 102 Å². The van der Waals surface area contributed by atoms with Crippen LogP contribution in [0.1, 0.15) is 11.1 Å². The highest BCUT2D eigenvalue weighted by Crippen LogP contribution is 2.28. The molecule has 0 atom stereocenters. The van der Waals surface area contributed by atoms with Crippen molar-refractivity contribution in [2.75, 3.05) is 4.31 Å². The van der Waals surface area contributed by atoms with E-state index in [0.717, 1.165) is 28.9 Å². The van der Waals surface area contributed by atoms with E-state index in [1.54, 1.807) is 4.31 Å². The molecule has 0 saturated heterocycles. The van der Waals surface area contributed by atoms with Gasteiger partial charge in [-0.25, -0.2) is 9.10 Å². The van der Waals surface area contributed by atoms with Crippen LogP contribution in [0.25, 0.3) is 0 Å². The maximum atomic E-state index is 12.6. The minimum Gasteiger partial charge on any atom is -0.374 e. The molecule has 0 aliphatic heterocycles. The third-order valence-corrected chi connectivity index (χ3v) is 5.35. The number of benzene rings is 3. The van der Waals surface area contributed by atoms with Gasteiger partial charge >= 0.3 is 6.09 Å². The number of carbonyl (C=O) groups excluding carboxylic acids is 1. The molecule has 3 nitrogen and oxygen atoms in total. The van der Waals surface area contributed by atoms with E-state index in [4.69, 9.17) is 4.18 Å². The maximum absolute atomic E-state index is 12.6. The lowest BCUT2D eigenvalue weighted by Crippen LogP contribution is -2.23. The number of hydrogen-bond acceptors (Lipinski definition) is 4.